The van der Waals surface area contributed by atoms with Gasteiger partial charge in [0, 0.05) is 18.9 Å². The van der Waals surface area contributed by atoms with Crippen molar-refractivity contribution in [1.29, 1.82) is 0 Å². The third-order valence-electron chi connectivity index (χ3n) is 2.44. The van der Waals surface area contributed by atoms with E-state index in [-0.39, 0.29) is 6.04 Å². The zero-order valence-corrected chi connectivity index (χ0v) is 8.97. The molecule has 4 nitrogen and oxygen atoms in total. The van der Waals surface area contributed by atoms with Crippen LogP contribution in [0, 0.1) is 13.8 Å². The molecular weight excluding hydrogens is 190 g/mol. The summed E-state index contributed by atoms with van der Waals surface area (Å²) in [6, 6.07) is 3.73. The summed E-state index contributed by atoms with van der Waals surface area (Å²) in [5.74, 6) is 2.68. The highest BCUT2D eigenvalue weighted by Gasteiger charge is 2.11. The number of aryl methyl sites for hydroxylation is 2. The van der Waals surface area contributed by atoms with Gasteiger partial charge in [0.1, 0.15) is 17.3 Å². The first-order valence-corrected chi connectivity index (χ1v) is 4.96. The number of aromatic nitrogens is 2. The van der Waals surface area contributed by atoms with Crippen LogP contribution >= 0.6 is 0 Å². The van der Waals surface area contributed by atoms with Crippen molar-refractivity contribution < 1.29 is 4.42 Å². The van der Waals surface area contributed by atoms with Crippen LogP contribution in [-0.4, -0.2) is 9.55 Å². The van der Waals surface area contributed by atoms with Gasteiger partial charge in [0.2, 0.25) is 0 Å². The Kier molecular flexibility index (Phi) is 2.60. The minimum absolute atomic E-state index is 0.119. The minimum atomic E-state index is -0.119. The first-order chi connectivity index (χ1) is 7.16. The summed E-state index contributed by atoms with van der Waals surface area (Å²) < 4.78 is 7.49. The fraction of sp³-hybridized carbons (Fsp3) is 0.364. The average Bonchev–Trinajstić information content (AvgIpc) is 2.77. The maximum atomic E-state index is 6.03. The molecule has 1 unspecified atom stereocenters. The lowest BCUT2D eigenvalue weighted by molar-refractivity contribution is 0.418. The van der Waals surface area contributed by atoms with Crippen molar-refractivity contribution in [3.05, 3.63) is 41.9 Å². The zero-order valence-electron chi connectivity index (χ0n) is 8.97. The predicted molar refractivity (Wildman–Crippen MR) is 57.3 cm³/mol. The standard InChI is InChI=1S/C11H15N3O/c1-8-3-4-11(15-8)10(12)7-14-6-5-13-9(14)2/h3-6,10H,7,12H2,1-2H3. The van der Waals surface area contributed by atoms with Crippen LogP contribution in [0.1, 0.15) is 23.4 Å². The van der Waals surface area contributed by atoms with Crippen LogP contribution in [0.5, 0.6) is 0 Å². The molecule has 0 saturated carbocycles. The zero-order chi connectivity index (χ0) is 10.8. The molecule has 0 spiro atoms. The number of hydrogen-bond acceptors (Lipinski definition) is 3. The number of nitrogens with zero attached hydrogens (tertiary/aromatic N) is 2. The summed E-state index contributed by atoms with van der Waals surface area (Å²) in [7, 11) is 0. The molecule has 0 aliphatic rings. The van der Waals surface area contributed by atoms with E-state index in [1.54, 1.807) is 6.20 Å². The molecule has 2 N–H and O–H groups in total. The largest absolute Gasteiger partial charge is 0.465 e. The number of imidazole rings is 1. The molecule has 2 rings (SSSR count). The van der Waals surface area contributed by atoms with Crippen molar-refractivity contribution in [1.82, 2.24) is 9.55 Å². The van der Waals surface area contributed by atoms with E-state index in [1.807, 2.05) is 36.7 Å². The summed E-state index contributed by atoms with van der Waals surface area (Å²) in [6.45, 7) is 4.57. The normalized spacial score (nSPS) is 13.0. The lowest BCUT2D eigenvalue weighted by Crippen LogP contribution is -2.17. The molecule has 2 heterocycles. The summed E-state index contributed by atoms with van der Waals surface area (Å²) in [4.78, 5) is 4.15. The van der Waals surface area contributed by atoms with Crippen LogP contribution in [0.25, 0.3) is 0 Å². The van der Waals surface area contributed by atoms with Crippen molar-refractivity contribution >= 4 is 0 Å². The van der Waals surface area contributed by atoms with Crippen molar-refractivity contribution in [2.45, 2.75) is 26.4 Å². The van der Waals surface area contributed by atoms with Gasteiger partial charge >= 0.3 is 0 Å². The minimum Gasteiger partial charge on any atom is -0.465 e. The van der Waals surface area contributed by atoms with Crippen LogP contribution in [-0.2, 0) is 6.54 Å². The van der Waals surface area contributed by atoms with E-state index in [1.165, 1.54) is 0 Å². The van der Waals surface area contributed by atoms with Gasteiger partial charge < -0.3 is 14.7 Å². The van der Waals surface area contributed by atoms with Gasteiger partial charge in [-0.05, 0) is 26.0 Å². The Morgan fingerprint density at radius 2 is 2.27 bits per heavy atom. The van der Waals surface area contributed by atoms with Crippen LogP contribution in [0.15, 0.2) is 28.9 Å². The van der Waals surface area contributed by atoms with Gasteiger partial charge in [-0.25, -0.2) is 4.98 Å². The van der Waals surface area contributed by atoms with E-state index in [9.17, 15) is 0 Å². The topological polar surface area (TPSA) is 57.0 Å². The van der Waals surface area contributed by atoms with Crippen molar-refractivity contribution in [3.8, 4) is 0 Å². The third-order valence-corrected chi connectivity index (χ3v) is 2.44. The maximum Gasteiger partial charge on any atom is 0.122 e. The van der Waals surface area contributed by atoms with Crippen LogP contribution in [0.4, 0.5) is 0 Å². The molecule has 80 valence electrons. The first-order valence-electron chi connectivity index (χ1n) is 4.96. The summed E-state index contributed by atoms with van der Waals surface area (Å²) >= 11 is 0. The van der Waals surface area contributed by atoms with E-state index in [4.69, 9.17) is 10.2 Å². The Hall–Kier alpha value is -1.55. The number of nitrogens with two attached hydrogens (primary N) is 1. The Balaban J connectivity index is 2.10. The van der Waals surface area contributed by atoms with Gasteiger partial charge in [0.05, 0.1) is 6.04 Å². The van der Waals surface area contributed by atoms with Gasteiger partial charge in [-0.1, -0.05) is 0 Å². The van der Waals surface area contributed by atoms with Gasteiger partial charge in [-0.2, -0.15) is 0 Å². The summed E-state index contributed by atoms with van der Waals surface area (Å²) in [5, 5.41) is 0. The molecule has 0 amide bonds. The number of furan rings is 1. The molecule has 2 aromatic heterocycles. The highest BCUT2D eigenvalue weighted by Crippen LogP contribution is 2.16. The molecule has 0 aromatic carbocycles. The van der Waals surface area contributed by atoms with E-state index in [0.717, 1.165) is 17.3 Å². The number of rotatable bonds is 3. The molecule has 0 bridgehead atoms. The fourth-order valence-electron chi connectivity index (χ4n) is 1.55. The molecule has 1 atom stereocenters. The SMILES string of the molecule is Cc1ccc(C(N)Cn2ccnc2C)o1. The monoisotopic (exact) mass is 205 g/mol. The molecule has 0 fully saturated rings. The summed E-state index contributed by atoms with van der Waals surface area (Å²) in [5.41, 5.74) is 6.03. The Morgan fingerprint density at radius 3 is 2.80 bits per heavy atom. The van der Waals surface area contributed by atoms with Crippen molar-refractivity contribution in [2.75, 3.05) is 0 Å². The van der Waals surface area contributed by atoms with Crippen molar-refractivity contribution in [3.63, 3.8) is 0 Å². The van der Waals surface area contributed by atoms with Crippen LogP contribution < -0.4 is 5.73 Å². The Labute approximate surface area is 88.7 Å². The Morgan fingerprint density at radius 1 is 1.47 bits per heavy atom. The summed E-state index contributed by atoms with van der Waals surface area (Å²) in [6.07, 6.45) is 3.69. The van der Waals surface area contributed by atoms with Crippen LogP contribution in [0.2, 0.25) is 0 Å². The van der Waals surface area contributed by atoms with Crippen LogP contribution in [0.3, 0.4) is 0 Å². The quantitative estimate of drug-likeness (QED) is 0.831. The third kappa shape index (κ3) is 2.10. The second kappa shape index (κ2) is 3.90. The van der Waals surface area contributed by atoms with E-state index < -0.39 is 0 Å². The van der Waals surface area contributed by atoms with Gasteiger partial charge in [-0.3, -0.25) is 0 Å². The highest BCUT2D eigenvalue weighted by molar-refractivity contribution is 5.09. The highest BCUT2D eigenvalue weighted by atomic mass is 16.3. The van der Waals surface area contributed by atoms with E-state index in [2.05, 4.69) is 4.98 Å². The maximum absolute atomic E-state index is 6.03. The van der Waals surface area contributed by atoms with Gasteiger partial charge in [0.25, 0.3) is 0 Å². The van der Waals surface area contributed by atoms with Crippen molar-refractivity contribution in [2.24, 2.45) is 5.73 Å². The molecule has 0 aliphatic heterocycles. The first kappa shape index (κ1) is 9.98. The predicted octanol–water partition coefficient (Wildman–Crippen LogP) is 1.79. The second-order valence-electron chi connectivity index (χ2n) is 3.68. The molecule has 0 aliphatic carbocycles. The average molecular weight is 205 g/mol. The lowest BCUT2D eigenvalue weighted by atomic mass is 10.2. The molecule has 4 heteroatoms. The number of hydrogen-bond donors (Lipinski definition) is 1. The molecule has 2 aromatic rings. The molecular formula is C11H15N3O. The fourth-order valence-corrected chi connectivity index (χ4v) is 1.55. The molecule has 0 radical (unpaired) electrons. The Bertz CT molecular complexity index is 444. The molecule has 0 saturated heterocycles. The smallest absolute Gasteiger partial charge is 0.122 e. The van der Waals surface area contributed by atoms with Gasteiger partial charge in [0.15, 0.2) is 0 Å². The lowest BCUT2D eigenvalue weighted by Gasteiger charge is -2.10. The van der Waals surface area contributed by atoms with E-state index >= 15 is 0 Å². The molecule has 15 heavy (non-hydrogen) atoms. The van der Waals surface area contributed by atoms with E-state index in [0.29, 0.717) is 6.54 Å². The van der Waals surface area contributed by atoms with Gasteiger partial charge in [-0.15, -0.1) is 0 Å². The second-order valence-corrected chi connectivity index (χ2v) is 3.68.